The van der Waals surface area contributed by atoms with E-state index in [9.17, 15) is 8.42 Å². The molecule has 0 spiro atoms. The van der Waals surface area contributed by atoms with Crippen LogP contribution in [0.25, 0.3) is 0 Å². The Morgan fingerprint density at radius 1 is 1.33 bits per heavy atom. The molecule has 1 aromatic rings. The maximum atomic E-state index is 12.6. The van der Waals surface area contributed by atoms with Crippen molar-refractivity contribution in [3.8, 4) is 0 Å². The van der Waals surface area contributed by atoms with Gasteiger partial charge >= 0.3 is 0 Å². The topological polar surface area (TPSA) is 72.2 Å². The molecule has 4 nitrogen and oxygen atoms in total. The molecule has 6 heteroatoms. The van der Waals surface area contributed by atoms with Gasteiger partial charge in [-0.25, -0.2) is 13.1 Å². The van der Waals surface area contributed by atoms with Gasteiger partial charge in [0.05, 0.1) is 5.02 Å². The van der Waals surface area contributed by atoms with Gasteiger partial charge in [0.2, 0.25) is 10.0 Å². The highest BCUT2D eigenvalue weighted by atomic mass is 35.5. The number of halogens is 1. The van der Waals surface area contributed by atoms with Gasteiger partial charge in [0.25, 0.3) is 0 Å². The first-order chi connectivity index (χ1) is 9.97. The molecule has 0 aliphatic heterocycles. The van der Waals surface area contributed by atoms with Crippen LogP contribution in [0.2, 0.25) is 5.02 Å². The minimum atomic E-state index is -3.58. The second kappa shape index (κ2) is 7.09. The molecule has 0 amide bonds. The van der Waals surface area contributed by atoms with Crippen molar-refractivity contribution in [2.75, 3.05) is 0 Å². The van der Waals surface area contributed by atoms with Gasteiger partial charge in [-0.1, -0.05) is 43.9 Å². The third-order valence-electron chi connectivity index (χ3n) is 4.26. The molecule has 118 valence electrons. The summed E-state index contributed by atoms with van der Waals surface area (Å²) < 4.78 is 28.0. The molecule has 2 unspecified atom stereocenters. The van der Waals surface area contributed by atoms with E-state index in [0.717, 1.165) is 31.2 Å². The van der Waals surface area contributed by atoms with Gasteiger partial charge in [-0.3, -0.25) is 0 Å². The molecule has 0 bridgehead atoms. The van der Waals surface area contributed by atoms with Crippen molar-refractivity contribution in [3.63, 3.8) is 0 Å². The third kappa shape index (κ3) is 3.97. The first-order valence-corrected chi connectivity index (χ1v) is 9.35. The number of sulfonamides is 1. The summed E-state index contributed by atoms with van der Waals surface area (Å²) in [6.07, 6.45) is 5.24. The molecule has 1 saturated carbocycles. The molecule has 1 aliphatic carbocycles. The maximum absolute atomic E-state index is 12.6. The zero-order valence-corrected chi connectivity index (χ0v) is 13.9. The molecular weight excluding hydrogens is 308 g/mol. The van der Waals surface area contributed by atoms with Crippen molar-refractivity contribution in [1.29, 1.82) is 0 Å². The smallest absolute Gasteiger partial charge is 0.242 e. The van der Waals surface area contributed by atoms with Crippen LogP contribution in [0, 0.1) is 5.92 Å². The maximum Gasteiger partial charge on any atom is 0.242 e. The van der Waals surface area contributed by atoms with Crippen LogP contribution in [0.5, 0.6) is 0 Å². The summed E-state index contributed by atoms with van der Waals surface area (Å²) in [5.41, 5.74) is 6.36. The number of hydrogen-bond donors (Lipinski definition) is 2. The quantitative estimate of drug-likeness (QED) is 0.871. The van der Waals surface area contributed by atoms with E-state index in [1.54, 1.807) is 12.1 Å². The van der Waals surface area contributed by atoms with Gasteiger partial charge in [0.15, 0.2) is 0 Å². The van der Waals surface area contributed by atoms with E-state index in [1.807, 2.05) is 0 Å². The Labute approximate surface area is 132 Å². The summed E-state index contributed by atoms with van der Waals surface area (Å²) >= 11 is 6.11. The summed E-state index contributed by atoms with van der Waals surface area (Å²) in [6, 6.07) is 4.88. The van der Waals surface area contributed by atoms with E-state index in [2.05, 4.69) is 11.6 Å². The predicted molar refractivity (Wildman–Crippen MR) is 85.7 cm³/mol. The molecule has 1 aliphatic rings. The van der Waals surface area contributed by atoms with Gasteiger partial charge in [-0.05, 0) is 36.5 Å². The normalized spacial score (nSPS) is 23.2. The number of hydrogen-bond acceptors (Lipinski definition) is 3. The lowest BCUT2D eigenvalue weighted by atomic mass is 9.83. The van der Waals surface area contributed by atoms with E-state index in [4.69, 9.17) is 17.3 Å². The molecule has 0 saturated heterocycles. The third-order valence-corrected chi connectivity index (χ3v) is 6.23. The van der Waals surface area contributed by atoms with Crippen molar-refractivity contribution < 1.29 is 8.42 Å². The first kappa shape index (κ1) is 16.7. The Kier molecular flexibility index (Phi) is 5.66. The summed E-state index contributed by atoms with van der Waals surface area (Å²) in [5.74, 6) is 0.413. The molecule has 0 aromatic heterocycles. The summed E-state index contributed by atoms with van der Waals surface area (Å²) in [5, 5.41) is 0.231. The van der Waals surface area contributed by atoms with Gasteiger partial charge in [-0.15, -0.1) is 0 Å². The molecule has 2 atom stereocenters. The van der Waals surface area contributed by atoms with Gasteiger partial charge < -0.3 is 5.73 Å². The SMILES string of the molecule is CCC1CCCCC1NS(=O)(=O)c1ccc(CN)cc1Cl. The fraction of sp³-hybridized carbons (Fsp3) is 0.600. The van der Waals surface area contributed by atoms with Crippen molar-refractivity contribution in [2.45, 2.75) is 56.5 Å². The fourth-order valence-electron chi connectivity index (χ4n) is 3.00. The zero-order chi connectivity index (χ0) is 15.5. The molecule has 3 N–H and O–H groups in total. The van der Waals surface area contributed by atoms with Crippen LogP contribution in [-0.4, -0.2) is 14.5 Å². The molecule has 1 aromatic carbocycles. The first-order valence-electron chi connectivity index (χ1n) is 7.48. The lowest BCUT2D eigenvalue weighted by Crippen LogP contribution is -2.41. The lowest BCUT2D eigenvalue weighted by molar-refractivity contribution is 0.282. The minimum absolute atomic E-state index is 0.0130. The second-order valence-electron chi connectivity index (χ2n) is 5.65. The summed E-state index contributed by atoms with van der Waals surface area (Å²) in [7, 11) is -3.58. The number of nitrogens with one attached hydrogen (secondary N) is 1. The average molecular weight is 331 g/mol. The van der Waals surface area contributed by atoms with Gasteiger partial charge in [-0.2, -0.15) is 0 Å². The van der Waals surface area contributed by atoms with Crippen LogP contribution >= 0.6 is 11.6 Å². The van der Waals surface area contributed by atoms with Crippen LogP contribution in [0.1, 0.15) is 44.6 Å². The van der Waals surface area contributed by atoms with Crippen LogP contribution in [0.15, 0.2) is 23.1 Å². The highest BCUT2D eigenvalue weighted by molar-refractivity contribution is 7.89. The highest BCUT2D eigenvalue weighted by Gasteiger charge is 2.29. The highest BCUT2D eigenvalue weighted by Crippen LogP contribution is 2.29. The lowest BCUT2D eigenvalue weighted by Gasteiger charge is -2.31. The number of benzene rings is 1. The molecule has 0 radical (unpaired) electrons. The van der Waals surface area contributed by atoms with E-state index in [0.29, 0.717) is 12.5 Å². The van der Waals surface area contributed by atoms with Crippen molar-refractivity contribution in [1.82, 2.24) is 4.72 Å². The standard InChI is InChI=1S/C15H23ClN2O2S/c1-2-12-5-3-4-6-14(12)18-21(19,20)15-8-7-11(10-17)9-13(15)16/h7-9,12,14,18H,2-6,10,17H2,1H3. The average Bonchev–Trinajstić information content (AvgIpc) is 2.47. The molecule has 1 fully saturated rings. The molecular formula is C15H23ClN2O2S. The predicted octanol–water partition coefficient (Wildman–Crippen LogP) is 3.05. The van der Waals surface area contributed by atoms with Gasteiger partial charge in [0.1, 0.15) is 4.90 Å². The number of nitrogens with two attached hydrogens (primary N) is 1. The molecule has 2 rings (SSSR count). The number of rotatable bonds is 5. The van der Waals surface area contributed by atoms with E-state index < -0.39 is 10.0 Å². The zero-order valence-electron chi connectivity index (χ0n) is 12.3. The summed E-state index contributed by atoms with van der Waals surface area (Å²) in [4.78, 5) is 0.141. The van der Waals surface area contributed by atoms with Crippen LogP contribution in [0.4, 0.5) is 0 Å². The fourth-order valence-corrected chi connectivity index (χ4v) is 4.91. The minimum Gasteiger partial charge on any atom is -0.326 e. The Bertz CT molecular complexity index is 589. The monoisotopic (exact) mass is 330 g/mol. The van der Waals surface area contributed by atoms with E-state index >= 15 is 0 Å². The van der Waals surface area contributed by atoms with Crippen LogP contribution < -0.4 is 10.5 Å². The van der Waals surface area contributed by atoms with Gasteiger partial charge in [0, 0.05) is 12.6 Å². The van der Waals surface area contributed by atoms with Crippen molar-refractivity contribution in [3.05, 3.63) is 28.8 Å². The van der Waals surface area contributed by atoms with Crippen LogP contribution in [-0.2, 0) is 16.6 Å². The Balaban J connectivity index is 2.21. The molecule has 21 heavy (non-hydrogen) atoms. The Hall–Kier alpha value is -0.620. The van der Waals surface area contributed by atoms with Crippen molar-refractivity contribution >= 4 is 21.6 Å². The second-order valence-corrected chi connectivity index (χ2v) is 7.74. The molecule has 0 heterocycles. The van der Waals surface area contributed by atoms with Crippen molar-refractivity contribution in [2.24, 2.45) is 11.7 Å². The summed E-state index contributed by atoms with van der Waals surface area (Å²) in [6.45, 7) is 2.45. The van der Waals surface area contributed by atoms with E-state index in [1.165, 1.54) is 12.5 Å². The Morgan fingerprint density at radius 2 is 2.05 bits per heavy atom. The Morgan fingerprint density at radius 3 is 2.67 bits per heavy atom. The largest absolute Gasteiger partial charge is 0.326 e. The van der Waals surface area contributed by atoms with Crippen LogP contribution in [0.3, 0.4) is 0 Å². The van der Waals surface area contributed by atoms with E-state index in [-0.39, 0.29) is 16.0 Å².